The van der Waals surface area contributed by atoms with Crippen LogP contribution in [0.4, 0.5) is 11.4 Å². The highest BCUT2D eigenvalue weighted by molar-refractivity contribution is 7.98. The average molecular weight is 309 g/mol. The summed E-state index contributed by atoms with van der Waals surface area (Å²) in [4.78, 5) is 1.48. The van der Waals surface area contributed by atoms with Gasteiger partial charge in [-0.15, -0.1) is 11.8 Å². The van der Waals surface area contributed by atoms with Crippen LogP contribution in [0.1, 0.15) is 5.56 Å². The molecule has 0 saturated heterocycles. The molecule has 0 aliphatic rings. The lowest BCUT2D eigenvalue weighted by molar-refractivity contribution is 1.41. The fraction of sp³-hybridized carbons (Fsp3) is 0.0714. The molecule has 19 heavy (non-hydrogen) atoms. The fourth-order valence-electron chi connectivity index (χ4n) is 1.72. The Morgan fingerprint density at radius 3 is 2.63 bits per heavy atom. The van der Waals surface area contributed by atoms with Crippen LogP contribution in [0.2, 0.25) is 5.02 Å². The average Bonchev–Trinajstić information content (AvgIpc) is 2.41. The van der Waals surface area contributed by atoms with Crippen molar-refractivity contribution < 1.29 is 0 Å². The van der Waals surface area contributed by atoms with Crippen LogP contribution in [0.3, 0.4) is 0 Å². The summed E-state index contributed by atoms with van der Waals surface area (Å²) in [5, 5.41) is 3.97. The molecule has 2 nitrogen and oxygen atoms in total. The molecule has 0 atom stereocenters. The Morgan fingerprint density at radius 2 is 1.95 bits per heavy atom. The van der Waals surface area contributed by atoms with Crippen LogP contribution < -0.4 is 11.1 Å². The Hall–Kier alpha value is -1.23. The van der Waals surface area contributed by atoms with Gasteiger partial charge in [0.05, 0.1) is 5.69 Å². The number of thiocarbonyl (C=S) groups is 1. The monoisotopic (exact) mass is 308 g/mol. The minimum Gasteiger partial charge on any atom is -0.389 e. The van der Waals surface area contributed by atoms with Gasteiger partial charge in [0.15, 0.2) is 0 Å². The van der Waals surface area contributed by atoms with Gasteiger partial charge in [-0.2, -0.15) is 0 Å². The summed E-state index contributed by atoms with van der Waals surface area (Å²) in [7, 11) is 0. The molecule has 2 rings (SSSR count). The zero-order valence-corrected chi connectivity index (χ0v) is 12.7. The largest absolute Gasteiger partial charge is 0.389 e. The number of para-hydroxylation sites is 1. The van der Waals surface area contributed by atoms with Gasteiger partial charge in [-0.1, -0.05) is 36.0 Å². The first-order valence-corrected chi connectivity index (χ1v) is 7.62. The Labute approximate surface area is 127 Å². The van der Waals surface area contributed by atoms with E-state index >= 15 is 0 Å². The first kappa shape index (κ1) is 14.2. The third kappa shape index (κ3) is 3.41. The van der Waals surface area contributed by atoms with E-state index < -0.39 is 0 Å². The molecule has 0 aliphatic carbocycles. The summed E-state index contributed by atoms with van der Waals surface area (Å²) < 4.78 is 0. The first-order valence-electron chi connectivity index (χ1n) is 5.61. The molecule has 98 valence electrons. The van der Waals surface area contributed by atoms with Crippen LogP contribution in [0.5, 0.6) is 0 Å². The molecule has 0 heterocycles. The van der Waals surface area contributed by atoms with Gasteiger partial charge in [0.1, 0.15) is 4.99 Å². The SMILES string of the molecule is CSc1ccccc1Nc1ccc(Cl)cc1C(N)=S. The molecular weight excluding hydrogens is 296 g/mol. The number of nitrogens with one attached hydrogen (secondary N) is 1. The second-order valence-electron chi connectivity index (χ2n) is 3.88. The van der Waals surface area contributed by atoms with E-state index in [0.717, 1.165) is 21.8 Å². The molecule has 2 aromatic rings. The Kier molecular flexibility index (Phi) is 4.69. The van der Waals surface area contributed by atoms with Crippen molar-refractivity contribution in [2.75, 3.05) is 11.6 Å². The Balaban J connectivity index is 2.41. The van der Waals surface area contributed by atoms with E-state index in [-0.39, 0.29) is 0 Å². The zero-order valence-electron chi connectivity index (χ0n) is 10.3. The molecule has 0 fully saturated rings. The second-order valence-corrected chi connectivity index (χ2v) is 5.60. The van der Waals surface area contributed by atoms with Crippen molar-refractivity contribution in [3.8, 4) is 0 Å². The number of hydrogen-bond donors (Lipinski definition) is 2. The van der Waals surface area contributed by atoms with E-state index in [1.807, 2.05) is 36.6 Å². The summed E-state index contributed by atoms with van der Waals surface area (Å²) in [6, 6.07) is 13.5. The summed E-state index contributed by atoms with van der Waals surface area (Å²) in [6.45, 7) is 0. The van der Waals surface area contributed by atoms with Gasteiger partial charge in [-0.25, -0.2) is 0 Å². The van der Waals surface area contributed by atoms with Gasteiger partial charge in [-0.05, 0) is 36.6 Å². The number of rotatable bonds is 4. The number of benzene rings is 2. The van der Waals surface area contributed by atoms with Crippen LogP contribution in [0.25, 0.3) is 0 Å². The highest BCUT2D eigenvalue weighted by Crippen LogP contribution is 2.30. The number of halogens is 1. The van der Waals surface area contributed by atoms with Crippen molar-refractivity contribution in [3.05, 3.63) is 53.1 Å². The van der Waals surface area contributed by atoms with Gasteiger partial charge in [0.2, 0.25) is 0 Å². The lowest BCUT2D eigenvalue weighted by Gasteiger charge is -2.14. The third-order valence-electron chi connectivity index (χ3n) is 2.62. The highest BCUT2D eigenvalue weighted by atomic mass is 35.5. The minimum absolute atomic E-state index is 0.326. The van der Waals surface area contributed by atoms with E-state index in [1.165, 1.54) is 0 Å². The summed E-state index contributed by atoms with van der Waals surface area (Å²) in [6.07, 6.45) is 2.04. The quantitative estimate of drug-likeness (QED) is 0.647. The summed E-state index contributed by atoms with van der Waals surface area (Å²) in [5.41, 5.74) is 8.37. The molecule has 0 spiro atoms. The van der Waals surface area contributed by atoms with E-state index in [1.54, 1.807) is 17.8 Å². The number of anilines is 2. The number of hydrogen-bond acceptors (Lipinski definition) is 3. The molecule has 2 aromatic carbocycles. The van der Waals surface area contributed by atoms with Crippen LogP contribution >= 0.6 is 35.6 Å². The van der Waals surface area contributed by atoms with Gasteiger partial charge in [0.25, 0.3) is 0 Å². The van der Waals surface area contributed by atoms with Crippen LogP contribution in [0, 0.1) is 0 Å². The lowest BCUT2D eigenvalue weighted by atomic mass is 10.1. The Morgan fingerprint density at radius 1 is 1.21 bits per heavy atom. The van der Waals surface area contributed by atoms with Gasteiger partial charge < -0.3 is 11.1 Å². The molecule has 0 saturated carbocycles. The van der Waals surface area contributed by atoms with E-state index in [2.05, 4.69) is 11.4 Å². The molecule has 0 bridgehead atoms. The van der Waals surface area contributed by atoms with Gasteiger partial charge in [-0.3, -0.25) is 0 Å². The van der Waals surface area contributed by atoms with Crippen LogP contribution in [0.15, 0.2) is 47.4 Å². The minimum atomic E-state index is 0.326. The second kappa shape index (κ2) is 6.28. The fourth-order valence-corrected chi connectivity index (χ4v) is 2.62. The maximum atomic E-state index is 5.98. The third-order valence-corrected chi connectivity index (χ3v) is 3.87. The Bertz CT molecular complexity index is 614. The van der Waals surface area contributed by atoms with E-state index in [0.29, 0.717) is 10.0 Å². The van der Waals surface area contributed by atoms with Crippen molar-refractivity contribution in [1.29, 1.82) is 0 Å². The zero-order chi connectivity index (χ0) is 13.8. The van der Waals surface area contributed by atoms with Gasteiger partial charge >= 0.3 is 0 Å². The predicted molar refractivity (Wildman–Crippen MR) is 88.8 cm³/mol. The lowest BCUT2D eigenvalue weighted by Crippen LogP contribution is -2.12. The summed E-state index contributed by atoms with van der Waals surface area (Å²) >= 11 is 12.7. The molecular formula is C14H13ClN2S2. The smallest absolute Gasteiger partial charge is 0.106 e. The number of thioether (sulfide) groups is 1. The molecule has 0 amide bonds. The summed E-state index contributed by atoms with van der Waals surface area (Å²) in [5.74, 6) is 0. The van der Waals surface area contributed by atoms with Crippen molar-refractivity contribution in [1.82, 2.24) is 0 Å². The first-order chi connectivity index (χ1) is 9.11. The predicted octanol–water partition coefficient (Wildman–Crippen LogP) is 4.44. The van der Waals surface area contributed by atoms with Crippen molar-refractivity contribution >= 4 is 51.9 Å². The molecule has 3 N–H and O–H groups in total. The van der Waals surface area contributed by atoms with Crippen molar-refractivity contribution in [2.45, 2.75) is 4.90 Å². The van der Waals surface area contributed by atoms with Crippen molar-refractivity contribution in [3.63, 3.8) is 0 Å². The molecule has 0 aromatic heterocycles. The maximum Gasteiger partial charge on any atom is 0.106 e. The van der Waals surface area contributed by atoms with Gasteiger partial charge in [0, 0.05) is 21.2 Å². The standard InChI is InChI=1S/C14H13ClN2S2/c1-19-13-5-3-2-4-12(13)17-11-7-6-9(15)8-10(11)14(16)18/h2-8,17H,1H3,(H2,16,18). The highest BCUT2D eigenvalue weighted by Gasteiger charge is 2.08. The molecule has 5 heteroatoms. The maximum absolute atomic E-state index is 5.98. The van der Waals surface area contributed by atoms with E-state index in [4.69, 9.17) is 29.6 Å². The molecule has 0 unspecified atom stereocenters. The topological polar surface area (TPSA) is 38.0 Å². The molecule has 0 radical (unpaired) electrons. The van der Waals surface area contributed by atoms with E-state index in [9.17, 15) is 0 Å². The number of nitrogens with two attached hydrogens (primary N) is 1. The van der Waals surface area contributed by atoms with Crippen LogP contribution in [-0.4, -0.2) is 11.2 Å². The van der Waals surface area contributed by atoms with Crippen molar-refractivity contribution in [2.24, 2.45) is 5.73 Å². The van der Waals surface area contributed by atoms with Crippen LogP contribution in [-0.2, 0) is 0 Å². The molecule has 0 aliphatic heterocycles. The normalized spacial score (nSPS) is 10.2.